The molecule has 0 bridgehead atoms. The molecule has 0 unspecified atom stereocenters. The summed E-state index contributed by atoms with van der Waals surface area (Å²) < 4.78 is 30.2. The van der Waals surface area contributed by atoms with Crippen molar-refractivity contribution in [3.63, 3.8) is 0 Å². The standard InChI is InChI=1S/3C22H20N2O4.3C3H7NO.5CNS.Sm.4Zn/c3*1-27-19-11-5-7-15(21(19)25)13-23-17-9-3-4-10-18(17)24-14-16-8-6-12-20(28-2)22(16)26;3*1-4(2)3-5;5*2-1-3;;;;;/h3*3-14,25-26H,1-2H3;3*3H,1-2H3;;;;;;;;;;/q;;;;;;5*-1;+3;4*+2/p-6. The molecule has 3 amide bonds. The molecule has 599 valence electrons. The van der Waals surface area contributed by atoms with E-state index >= 15 is 0 Å². The number of carbonyl (C=O) groups is 3. The molecule has 0 fully saturated rings. The van der Waals surface area contributed by atoms with E-state index in [1.165, 1.54) is 120 Å². The van der Waals surface area contributed by atoms with Crippen LogP contribution in [-0.2, 0) is 92.3 Å². The maximum Gasteiger partial charge on any atom is 3.00 e. The van der Waals surface area contributed by atoms with Crippen molar-refractivity contribution >= 4 is 178 Å². The van der Waals surface area contributed by atoms with Crippen molar-refractivity contribution in [3.05, 3.63) is 242 Å². The number of ether oxygens (including phenoxy) is 6. The quantitative estimate of drug-likeness (QED) is 0.0279. The van der Waals surface area contributed by atoms with Gasteiger partial charge < -0.3 is 101 Å². The van der Waals surface area contributed by atoms with E-state index in [9.17, 15) is 45.0 Å². The van der Waals surface area contributed by atoms with Crippen LogP contribution in [0.3, 0.4) is 0 Å². The molecule has 0 saturated carbocycles. The number of carbonyl (C=O) groups excluding carboxylic acids is 3. The maximum atomic E-state index is 12.2. The van der Waals surface area contributed by atoms with Crippen LogP contribution < -0.4 is 59.1 Å². The normalized spacial score (nSPS) is 9.11. The third kappa shape index (κ3) is 50.4. The Morgan fingerprint density at radius 3 is 0.471 bits per heavy atom. The molecule has 119 heavy (non-hydrogen) atoms. The molecule has 0 aliphatic carbocycles. The zero-order valence-corrected chi connectivity index (χ0v) is 85.2. The molecular formula is C80H75N14O15S5SmZn4. The molecule has 9 aromatic rings. The Hall–Kier alpha value is -10.2. The number of aliphatic imine (C=N–C) groups is 6. The Bertz CT molecular complexity index is 4090. The predicted octanol–water partition coefficient (Wildman–Crippen LogP) is 12.5. The number of thiocarbonyl (C=S) groups is 5. The number of hydrogen-bond donors (Lipinski definition) is 0. The van der Waals surface area contributed by atoms with Crippen molar-refractivity contribution in [1.29, 1.82) is 0 Å². The van der Waals surface area contributed by atoms with E-state index < -0.39 is 0 Å². The minimum absolute atomic E-state index is 0. The summed E-state index contributed by atoms with van der Waals surface area (Å²) in [7, 11) is 18.8. The molecule has 39 heteroatoms. The smallest absolute Gasteiger partial charge is 0.870 e. The summed E-state index contributed by atoms with van der Waals surface area (Å²) in [6.45, 7) is 0. The minimum Gasteiger partial charge on any atom is -0.870 e. The van der Waals surface area contributed by atoms with Crippen LogP contribution in [0.25, 0.3) is 27.0 Å². The van der Waals surface area contributed by atoms with E-state index in [0.29, 0.717) is 67.5 Å². The summed E-state index contributed by atoms with van der Waals surface area (Å²) in [6, 6.07) is 51.6. The Morgan fingerprint density at radius 2 is 0.378 bits per heavy atom. The van der Waals surface area contributed by atoms with E-state index in [4.69, 9.17) is 55.5 Å². The van der Waals surface area contributed by atoms with Gasteiger partial charge in [0.1, 0.15) is 34.5 Å². The Labute approximate surface area is 801 Å². The summed E-state index contributed by atoms with van der Waals surface area (Å²) in [5.74, 6) is 0.158. The SMILES string of the molecule is CN(C)C=O.CN(C)C=O.CN(C)C=O.COc1cccc(C=Nc2ccccc2N=Cc2cccc(OC)c2[O-])c1[O-].COc1cccc(C=Nc2ccccc2N=Cc2cccc(OC)c2[O-])c1[O-].COc1cccc(C=Nc2ccccc2N=Cc2cccc(OC)c2[O-])c1[O-].[N-]=C=S.[N-]=C=S.[N-]=C=S.[N-]=C=S.[N-]=C=S.[Sm+3].[Zn+2].[Zn+2].[Zn+2].[Zn+2]. The van der Waals surface area contributed by atoms with Crippen molar-refractivity contribution < 1.29 is 192 Å². The van der Waals surface area contributed by atoms with Crippen molar-refractivity contribution in [2.75, 3.05) is 84.9 Å². The fraction of sp³-hybridized carbons (Fsp3) is 0.150. The fourth-order valence-electron chi connectivity index (χ4n) is 7.65. The number of benzene rings is 9. The fourth-order valence-corrected chi connectivity index (χ4v) is 7.65. The maximum absolute atomic E-state index is 12.2. The van der Waals surface area contributed by atoms with Crippen LogP contribution in [0, 0.1) is 40.4 Å². The van der Waals surface area contributed by atoms with E-state index in [1.54, 1.807) is 188 Å². The van der Waals surface area contributed by atoms with E-state index in [1.807, 2.05) is 36.4 Å². The molecule has 0 aliphatic rings. The average Bonchev–Trinajstić information content (AvgIpc) is 0.852. The molecule has 29 nitrogen and oxygen atoms in total. The molecule has 9 rings (SSSR count). The number of isothiocyanates is 5. The van der Waals surface area contributed by atoms with Gasteiger partial charge in [-0.15, -0.1) is 0 Å². The second-order valence-corrected chi connectivity index (χ2v) is 21.9. The van der Waals surface area contributed by atoms with Crippen LogP contribution in [0.2, 0.25) is 0 Å². The van der Waals surface area contributed by atoms with Gasteiger partial charge in [0.05, 0.1) is 76.8 Å². The Kier molecular flexibility index (Phi) is 78.5. The van der Waals surface area contributed by atoms with Gasteiger partial charge in [0.25, 0.3) is 0 Å². The van der Waals surface area contributed by atoms with Gasteiger partial charge in [-0.2, -0.15) is 25.8 Å². The number of para-hydroxylation sites is 12. The van der Waals surface area contributed by atoms with Crippen molar-refractivity contribution in [2.24, 2.45) is 30.0 Å². The van der Waals surface area contributed by atoms with Gasteiger partial charge in [-0.3, -0.25) is 44.3 Å². The molecule has 1 radical (unpaired) electrons. The summed E-state index contributed by atoms with van der Waals surface area (Å²) >= 11 is 18.5. The van der Waals surface area contributed by atoms with Crippen LogP contribution in [-0.4, -0.2) is 182 Å². The molecule has 0 spiro atoms. The monoisotopic (exact) mass is 2040 g/mol. The van der Waals surface area contributed by atoms with Crippen LogP contribution in [0.15, 0.2) is 212 Å². The van der Waals surface area contributed by atoms with Gasteiger partial charge in [-0.1, -0.05) is 205 Å². The number of nitrogens with zero attached hydrogens (tertiary/aromatic N) is 14. The average molecular weight is 2040 g/mol. The summed E-state index contributed by atoms with van der Waals surface area (Å²) in [5, 5.41) is 116. The third-order valence-electron chi connectivity index (χ3n) is 12.7. The van der Waals surface area contributed by atoms with Crippen LogP contribution in [0.5, 0.6) is 69.0 Å². The molecule has 0 N–H and O–H groups in total. The predicted molar refractivity (Wildman–Crippen MR) is 457 cm³/mol. The minimum atomic E-state index is -0.234. The van der Waals surface area contributed by atoms with Gasteiger partial charge in [-0.25, -0.2) is 0 Å². The largest absolute Gasteiger partial charge is 3.00 e. The van der Waals surface area contributed by atoms with Crippen LogP contribution >= 0.6 is 61.1 Å². The van der Waals surface area contributed by atoms with E-state index in [-0.39, 0.29) is 187 Å². The van der Waals surface area contributed by atoms with Crippen LogP contribution in [0.4, 0.5) is 34.1 Å². The molecule has 0 aliphatic heterocycles. The summed E-state index contributed by atoms with van der Waals surface area (Å²) in [4.78, 5) is 58.9. The molecule has 0 heterocycles. The van der Waals surface area contributed by atoms with E-state index in [0.717, 1.165) is 19.2 Å². The summed E-state index contributed by atoms with van der Waals surface area (Å²) in [5.41, 5.74) is 5.86. The molecule has 0 aromatic heterocycles. The third-order valence-corrected chi connectivity index (χ3v) is 12.7. The zero-order chi connectivity index (χ0) is 86.2. The summed E-state index contributed by atoms with van der Waals surface area (Å²) in [6.07, 6.45) is 11.1. The zero-order valence-electron chi connectivity index (χ0n) is 66.7. The molecule has 9 aromatic carbocycles. The number of methoxy groups -OCH3 is 6. The molecular weight excluding hydrogens is 1970 g/mol. The Balaban J connectivity index is -0.000000264. The first-order valence-electron chi connectivity index (χ1n) is 31.8. The molecule has 0 saturated heterocycles. The first-order valence-corrected chi connectivity index (χ1v) is 33.8. The van der Waals surface area contributed by atoms with Gasteiger partial charge in [-0.05, 0) is 106 Å². The number of hydrogen-bond acceptors (Lipinski definition) is 26. The van der Waals surface area contributed by atoms with Crippen LogP contribution in [0.1, 0.15) is 33.4 Å². The number of amides is 3. The first-order chi connectivity index (χ1) is 54.8. The van der Waals surface area contributed by atoms with Gasteiger partial charge in [0.15, 0.2) is 0 Å². The van der Waals surface area contributed by atoms with Gasteiger partial charge >= 0.3 is 118 Å². The van der Waals surface area contributed by atoms with Crippen molar-refractivity contribution in [1.82, 2.24) is 14.7 Å². The van der Waals surface area contributed by atoms with Crippen molar-refractivity contribution in [2.45, 2.75) is 0 Å². The first kappa shape index (κ1) is 122. The Morgan fingerprint density at radius 1 is 0.269 bits per heavy atom. The number of rotatable bonds is 21. The van der Waals surface area contributed by atoms with Gasteiger partial charge in [0, 0.05) is 79.6 Å². The topological polar surface area (TPSA) is 440 Å². The van der Waals surface area contributed by atoms with E-state index in [2.05, 4.69) is 91.0 Å². The van der Waals surface area contributed by atoms with Crippen molar-refractivity contribution in [3.8, 4) is 69.0 Å². The van der Waals surface area contributed by atoms with Gasteiger partial charge in [0.2, 0.25) is 19.2 Å². The molecule has 0 atom stereocenters. The second kappa shape index (κ2) is 76.5. The second-order valence-electron chi connectivity index (χ2n) is 21.0.